The summed E-state index contributed by atoms with van der Waals surface area (Å²) in [6, 6.07) is 1.44. The highest BCUT2D eigenvalue weighted by Crippen LogP contribution is 2.30. The van der Waals surface area contributed by atoms with Gasteiger partial charge >= 0.3 is 6.18 Å². The van der Waals surface area contributed by atoms with Crippen molar-refractivity contribution >= 4 is 17.3 Å². The number of carbonyl (C=O) groups excluding carboxylic acids is 1. The number of aromatic nitrogens is 1. The maximum Gasteiger partial charge on any atom is 0.405 e. The number of nitrogens with zero attached hydrogens (tertiary/aromatic N) is 2. The highest BCUT2D eigenvalue weighted by atomic mass is 19.4. The molecule has 0 spiro atoms. The van der Waals surface area contributed by atoms with Crippen LogP contribution in [0.1, 0.15) is 0 Å². The fraction of sp³-hybridized carbons (Fsp3) is 0.333. The van der Waals surface area contributed by atoms with Crippen LogP contribution < -0.4 is 10.2 Å². The fourth-order valence-electron chi connectivity index (χ4n) is 1.56. The maximum atomic E-state index is 12.3. The summed E-state index contributed by atoms with van der Waals surface area (Å²) in [5.74, 6) is -0.468. The zero-order chi connectivity index (χ0) is 11.8. The second kappa shape index (κ2) is 3.66. The van der Waals surface area contributed by atoms with Crippen LogP contribution in [-0.2, 0) is 4.79 Å². The maximum absolute atomic E-state index is 12.3. The molecular formula is C9H8F3N3O. The first kappa shape index (κ1) is 10.7. The van der Waals surface area contributed by atoms with Gasteiger partial charge in [-0.2, -0.15) is 13.2 Å². The quantitative estimate of drug-likeness (QED) is 0.794. The lowest BCUT2D eigenvalue weighted by atomic mass is 10.2. The monoisotopic (exact) mass is 231 g/mol. The van der Waals surface area contributed by atoms with Crippen LogP contribution in [0.25, 0.3) is 0 Å². The number of nitrogens with one attached hydrogen (secondary N) is 1. The van der Waals surface area contributed by atoms with Crippen molar-refractivity contribution in [1.82, 2.24) is 4.98 Å². The van der Waals surface area contributed by atoms with Crippen molar-refractivity contribution in [2.45, 2.75) is 6.18 Å². The highest BCUT2D eigenvalue weighted by Gasteiger charge is 2.34. The van der Waals surface area contributed by atoms with E-state index in [1.165, 1.54) is 18.5 Å². The molecule has 1 aromatic heterocycles. The molecule has 2 rings (SSSR count). The third kappa shape index (κ3) is 2.23. The Kier molecular flexibility index (Phi) is 2.45. The Labute approximate surface area is 89.1 Å². The summed E-state index contributed by atoms with van der Waals surface area (Å²) in [5, 5.41) is 2.47. The Bertz CT molecular complexity index is 419. The molecule has 1 amide bonds. The molecular weight excluding hydrogens is 223 g/mol. The van der Waals surface area contributed by atoms with Crippen molar-refractivity contribution in [3.05, 3.63) is 18.5 Å². The summed E-state index contributed by atoms with van der Waals surface area (Å²) in [7, 11) is 0. The Morgan fingerprint density at radius 3 is 2.94 bits per heavy atom. The third-order valence-electron chi connectivity index (χ3n) is 2.12. The van der Waals surface area contributed by atoms with Gasteiger partial charge < -0.3 is 10.2 Å². The average molecular weight is 231 g/mol. The van der Waals surface area contributed by atoms with Gasteiger partial charge in [-0.15, -0.1) is 0 Å². The van der Waals surface area contributed by atoms with Gasteiger partial charge in [0.05, 0.1) is 24.1 Å². The smallest absolute Gasteiger partial charge is 0.351 e. The van der Waals surface area contributed by atoms with Crippen molar-refractivity contribution in [3.63, 3.8) is 0 Å². The molecule has 7 heteroatoms. The van der Waals surface area contributed by atoms with Crippen LogP contribution in [0, 0.1) is 0 Å². The molecule has 16 heavy (non-hydrogen) atoms. The van der Waals surface area contributed by atoms with Crippen LogP contribution in [-0.4, -0.2) is 30.2 Å². The first-order valence-electron chi connectivity index (χ1n) is 4.51. The molecule has 2 heterocycles. The van der Waals surface area contributed by atoms with Crippen molar-refractivity contribution < 1.29 is 18.0 Å². The number of halogens is 3. The summed E-state index contributed by atoms with van der Waals surface area (Å²) in [6.45, 7) is -1.44. The molecule has 0 unspecified atom stereocenters. The first-order valence-corrected chi connectivity index (χ1v) is 4.51. The molecule has 0 saturated heterocycles. The van der Waals surface area contributed by atoms with Gasteiger partial charge in [0.25, 0.3) is 0 Å². The molecule has 1 aromatic rings. The standard InChI is InChI=1S/C9H8F3N3O/c10-9(11,12)5-15-4-8(16)14-6-3-13-2-1-7(6)15/h1-3H,4-5H2,(H,14,16). The molecule has 86 valence electrons. The number of carbonyl (C=O) groups is 1. The molecule has 0 atom stereocenters. The third-order valence-corrected chi connectivity index (χ3v) is 2.12. The summed E-state index contributed by atoms with van der Waals surface area (Å²) in [5.41, 5.74) is 0.648. The van der Waals surface area contributed by atoms with E-state index < -0.39 is 18.6 Å². The summed E-state index contributed by atoms with van der Waals surface area (Å²) in [4.78, 5) is 15.9. The number of anilines is 2. The van der Waals surface area contributed by atoms with E-state index in [0.29, 0.717) is 11.4 Å². The van der Waals surface area contributed by atoms with Gasteiger partial charge in [-0.1, -0.05) is 0 Å². The van der Waals surface area contributed by atoms with E-state index in [4.69, 9.17) is 0 Å². The fourth-order valence-corrected chi connectivity index (χ4v) is 1.56. The van der Waals surface area contributed by atoms with Gasteiger partial charge in [-0.05, 0) is 6.07 Å². The van der Waals surface area contributed by atoms with Crippen molar-refractivity contribution in [2.75, 3.05) is 23.3 Å². The minimum absolute atomic E-state index is 0.295. The van der Waals surface area contributed by atoms with Gasteiger partial charge in [0.1, 0.15) is 6.54 Å². The number of hydrogen-bond donors (Lipinski definition) is 1. The number of fused-ring (bicyclic) bond motifs is 1. The molecule has 0 aromatic carbocycles. The molecule has 0 aliphatic carbocycles. The van der Waals surface area contributed by atoms with Gasteiger partial charge in [0, 0.05) is 6.20 Å². The summed E-state index contributed by atoms with van der Waals surface area (Å²) in [6.07, 6.45) is -1.62. The zero-order valence-electron chi connectivity index (χ0n) is 8.08. The number of alkyl halides is 3. The van der Waals surface area contributed by atoms with E-state index in [1.54, 1.807) is 0 Å². The molecule has 0 bridgehead atoms. The predicted octanol–water partition coefficient (Wildman–Crippen LogP) is 1.40. The molecule has 4 nitrogen and oxygen atoms in total. The lowest BCUT2D eigenvalue weighted by molar-refractivity contribution is -0.122. The van der Waals surface area contributed by atoms with Crippen molar-refractivity contribution in [1.29, 1.82) is 0 Å². The van der Waals surface area contributed by atoms with Gasteiger partial charge in [0.15, 0.2) is 0 Å². The zero-order valence-corrected chi connectivity index (χ0v) is 8.08. The van der Waals surface area contributed by atoms with E-state index in [-0.39, 0.29) is 6.54 Å². The number of pyridine rings is 1. The number of amides is 1. The Morgan fingerprint density at radius 2 is 2.25 bits per heavy atom. The first-order chi connectivity index (χ1) is 7.46. The molecule has 0 radical (unpaired) electrons. The lowest BCUT2D eigenvalue weighted by Crippen LogP contribution is -2.43. The molecule has 1 N–H and O–H groups in total. The van der Waals surface area contributed by atoms with E-state index in [1.807, 2.05) is 0 Å². The van der Waals surface area contributed by atoms with E-state index >= 15 is 0 Å². The topological polar surface area (TPSA) is 45.2 Å². The van der Waals surface area contributed by atoms with Crippen LogP contribution in [0.15, 0.2) is 18.5 Å². The number of hydrogen-bond acceptors (Lipinski definition) is 3. The SMILES string of the molecule is O=C1CN(CC(F)(F)F)c2ccncc2N1. The van der Waals surface area contributed by atoms with Crippen LogP contribution in [0.5, 0.6) is 0 Å². The lowest BCUT2D eigenvalue weighted by Gasteiger charge is -2.30. The minimum Gasteiger partial charge on any atom is -0.351 e. The van der Waals surface area contributed by atoms with Crippen molar-refractivity contribution in [2.24, 2.45) is 0 Å². The average Bonchev–Trinajstić information content (AvgIpc) is 2.14. The second-order valence-electron chi connectivity index (χ2n) is 3.41. The minimum atomic E-state index is -4.34. The molecule has 1 aliphatic heterocycles. The summed E-state index contributed by atoms with van der Waals surface area (Å²) < 4.78 is 36.8. The van der Waals surface area contributed by atoms with E-state index in [0.717, 1.165) is 4.90 Å². The van der Waals surface area contributed by atoms with Crippen LogP contribution >= 0.6 is 0 Å². The van der Waals surface area contributed by atoms with Gasteiger partial charge in [0.2, 0.25) is 5.91 Å². The van der Waals surface area contributed by atoms with Crippen LogP contribution in [0.4, 0.5) is 24.5 Å². The molecule has 0 fully saturated rings. The number of rotatable bonds is 1. The second-order valence-corrected chi connectivity index (χ2v) is 3.41. The molecule has 0 saturated carbocycles. The highest BCUT2D eigenvalue weighted by molar-refractivity contribution is 6.00. The van der Waals surface area contributed by atoms with Crippen LogP contribution in [0.3, 0.4) is 0 Å². The Hall–Kier alpha value is -1.79. The largest absolute Gasteiger partial charge is 0.405 e. The normalized spacial score (nSPS) is 15.7. The summed E-state index contributed by atoms with van der Waals surface area (Å²) >= 11 is 0. The van der Waals surface area contributed by atoms with Gasteiger partial charge in [-0.25, -0.2) is 0 Å². The Morgan fingerprint density at radius 1 is 1.50 bits per heavy atom. The molecule has 1 aliphatic rings. The van der Waals surface area contributed by atoms with Gasteiger partial charge in [-0.3, -0.25) is 9.78 Å². The van der Waals surface area contributed by atoms with Crippen molar-refractivity contribution in [3.8, 4) is 0 Å². The Balaban J connectivity index is 2.30. The van der Waals surface area contributed by atoms with E-state index in [2.05, 4.69) is 10.3 Å². The predicted molar refractivity (Wildman–Crippen MR) is 51.1 cm³/mol. The van der Waals surface area contributed by atoms with E-state index in [9.17, 15) is 18.0 Å². The van der Waals surface area contributed by atoms with Crippen LogP contribution in [0.2, 0.25) is 0 Å².